The van der Waals surface area contributed by atoms with Crippen LogP contribution in [0.25, 0.3) is 0 Å². The van der Waals surface area contributed by atoms with E-state index in [2.05, 4.69) is 5.32 Å². The Morgan fingerprint density at radius 3 is 2.65 bits per heavy atom. The first-order valence-electron chi connectivity index (χ1n) is 6.48. The summed E-state index contributed by atoms with van der Waals surface area (Å²) in [7, 11) is -2.90. The minimum Gasteiger partial charge on any atom is -0.315 e. The molecule has 1 N–H and O–H groups in total. The number of sulfone groups is 1. The molecule has 1 fully saturated rings. The molecule has 2 unspecified atom stereocenters. The van der Waals surface area contributed by atoms with Gasteiger partial charge >= 0.3 is 0 Å². The van der Waals surface area contributed by atoms with E-state index < -0.39 is 9.84 Å². The van der Waals surface area contributed by atoms with Crippen LogP contribution in [0.15, 0.2) is 0 Å². The van der Waals surface area contributed by atoms with Crippen molar-refractivity contribution in [2.24, 2.45) is 5.92 Å². The highest BCUT2D eigenvalue weighted by atomic mass is 35.5. The summed E-state index contributed by atoms with van der Waals surface area (Å²) >= 11 is 6.11. The van der Waals surface area contributed by atoms with E-state index in [-0.39, 0.29) is 11.0 Å². The smallest absolute Gasteiger partial charge is 0.153 e. The largest absolute Gasteiger partial charge is 0.315 e. The van der Waals surface area contributed by atoms with Crippen molar-refractivity contribution in [1.29, 1.82) is 0 Å². The normalized spacial score (nSPS) is 26.4. The lowest BCUT2D eigenvalue weighted by Crippen LogP contribution is -2.32. The third kappa shape index (κ3) is 5.58. The number of hydrogen-bond acceptors (Lipinski definition) is 3. The van der Waals surface area contributed by atoms with E-state index in [1.54, 1.807) is 13.8 Å². The van der Waals surface area contributed by atoms with Crippen molar-refractivity contribution in [2.45, 2.75) is 50.2 Å². The maximum absolute atomic E-state index is 11.6. The van der Waals surface area contributed by atoms with Gasteiger partial charge in [-0.15, -0.1) is 11.6 Å². The summed E-state index contributed by atoms with van der Waals surface area (Å²) in [5, 5.41) is 3.29. The second-order valence-corrected chi connectivity index (χ2v) is 8.54. The van der Waals surface area contributed by atoms with Crippen LogP contribution in [0.5, 0.6) is 0 Å². The average Bonchev–Trinajstić information content (AvgIpc) is 2.24. The first-order valence-corrected chi connectivity index (χ1v) is 8.63. The predicted octanol–water partition coefficient (Wildman–Crippen LogP) is 2.20. The number of hydrogen-bond donors (Lipinski definition) is 1. The SMILES string of the molecule is CC(C)S(=O)(=O)CCNCC1CCCC(Cl)C1. The average molecular weight is 282 g/mol. The molecule has 102 valence electrons. The zero-order valence-electron chi connectivity index (χ0n) is 10.8. The molecule has 0 heterocycles. The van der Waals surface area contributed by atoms with E-state index in [0.29, 0.717) is 17.8 Å². The molecule has 3 nitrogen and oxygen atoms in total. The molecular formula is C12H24ClNO2S. The maximum atomic E-state index is 11.6. The summed E-state index contributed by atoms with van der Waals surface area (Å²) < 4.78 is 23.1. The lowest BCUT2D eigenvalue weighted by Gasteiger charge is -2.25. The molecule has 0 aliphatic heterocycles. The van der Waals surface area contributed by atoms with Crippen LogP contribution in [-0.4, -0.2) is 37.9 Å². The van der Waals surface area contributed by atoms with Crippen molar-refractivity contribution in [3.8, 4) is 0 Å². The van der Waals surface area contributed by atoms with Crippen LogP contribution in [0.3, 0.4) is 0 Å². The molecule has 2 atom stereocenters. The minimum absolute atomic E-state index is 0.238. The standard InChI is InChI=1S/C12H24ClNO2S/c1-10(2)17(15,16)7-6-14-9-11-4-3-5-12(13)8-11/h10-12,14H,3-9H2,1-2H3. The summed E-state index contributed by atoms with van der Waals surface area (Å²) in [6.45, 7) is 4.92. The van der Waals surface area contributed by atoms with Crippen molar-refractivity contribution < 1.29 is 8.42 Å². The number of nitrogens with one attached hydrogen (secondary N) is 1. The molecule has 1 aliphatic carbocycles. The third-order valence-corrected chi connectivity index (χ3v) is 6.04. The summed E-state index contributed by atoms with van der Waals surface area (Å²) in [5.74, 6) is 0.856. The van der Waals surface area contributed by atoms with Gasteiger partial charge < -0.3 is 5.32 Å². The molecule has 1 rings (SSSR count). The molecule has 0 spiro atoms. The Balaban J connectivity index is 2.16. The van der Waals surface area contributed by atoms with Crippen LogP contribution < -0.4 is 5.32 Å². The van der Waals surface area contributed by atoms with Crippen molar-refractivity contribution in [1.82, 2.24) is 5.32 Å². The zero-order chi connectivity index (χ0) is 12.9. The minimum atomic E-state index is -2.90. The van der Waals surface area contributed by atoms with Gasteiger partial charge in [0.25, 0.3) is 0 Å². The van der Waals surface area contributed by atoms with Gasteiger partial charge in [-0.2, -0.15) is 0 Å². The van der Waals surface area contributed by atoms with Gasteiger partial charge in [0.1, 0.15) is 0 Å². The molecule has 0 aromatic heterocycles. The van der Waals surface area contributed by atoms with Crippen LogP contribution in [0.4, 0.5) is 0 Å². The van der Waals surface area contributed by atoms with E-state index in [0.717, 1.165) is 19.4 Å². The highest BCUT2D eigenvalue weighted by Crippen LogP contribution is 2.27. The molecular weight excluding hydrogens is 258 g/mol. The van der Waals surface area contributed by atoms with Gasteiger partial charge in [-0.05, 0) is 45.6 Å². The molecule has 0 saturated heterocycles. The number of rotatable bonds is 6. The van der Waals surface area contributed by atoms with Gasteiger partial charge in [-0.1, -0.05) is 6.42 Å². The Hall–Kier alpha value is 0.200. The van der Waals surface area contributed by atoms with Crippen LogP contribution >= 0.6 is 11.6 Å². The molecule has 0 radical (unpaired) electrons. The lowest BCUT2D eigenvalue weighted by atomic mass is 9.89. The first kappa shape index (κ1) is 15.3. The fourth-order valence-electron chi connectivity index (χ4n) is 2.17. The molecule has 0 aromatic carbocycles. The van der Waals surface area contributed by atoms with Crippen LogP contribution in [0.1, 0.15) is 39.5 Å². The zero-order valence-corrected chi connectivity index (χ0v) is 12.4. The van der Waals surface area contributed by atoms with Crippen LogP contribution in [0.2, 0.25) is 0 Å². The molecule has 0 aromatic rings. The Morgan fingerprint density at radius 2 is 2.06 bits per heavy atom. The highest BCUT2D eigenvalue weighted by Gasteiger charge is 2.20. The van der Waals surface area contributed by atoms with Gasteiger partial charge in [0, 0.05) is 11.9 Å². The van der Waals surface area contributed by atoms with Crippen molar-refractivity contribution in [3.05, 3.63) is 0 Å². The number of halogens is 1. The molecule has 1 saturated carbocycles. The van der Waals surface area contributed by atoms with Gasteiger partial charge in [0.15, 0.2) is 9.84 Å². The number of alkyl halides is 1. The first-order chi connectivity index (χ1) is 7.92. The van der Waals surface area contributed by atoms with Crippen molar-refractivity contribution >= 4 is 21.4 Å². The van der Waals surface area contributed by atoms with Gasteiger partial charge in [0.05, 0.1) is 11.0 Å². The van der Waals surface area contributed by atoms with Gasteiger partial charge in [-0.3, -0.25) is 0 Å². The second-order valence-electron chi connectivity index (χ2n) is 5.25. The molecule has 1 aliphatic rings. The van der Waals surface area contributed by atoms with Gasteiger partial charge in [-0.25, -0.2) is 8.42 Å². The maximum Gasteiger partial charge on any atom is 0.153 e. The van der Waals surface area contributed by atoms with Crippen LogP contribution in [-0.2, 0) is 9.84 Å². The Kier molecular flexibility index (Phi) is 6.24. The molecule has 5 heteroatoms. The van der Waals surface area contributed by atoms with E-state index in [1.165, 1.54) is 12.8 Å². The van der Waals surface area contributed by atoms with Crippen molar-refractivity contribution in [3.63, 3.8) is 0 Å². The van der Waals surface area contributed by atoms with Gasteiger partial charge in [0.2, 0.25) is 0 Å². The Morgan fingerprint density at radius 1 is 1.35 bits per heavy atom. The van der Waals surface area contributed by atoms with E-state index in [9.17, 15) is 8.42 Å². The summed E-state index contributed by atoms with van der Waals surface area (Å²) in [4.78, 5) is 0. The Bertz CT molecular complexity index is 316. The fourth-order valence-corrected chi connectivity index (χ4v) is 3.47. The predicted molar refractivity (Wildman–Crippen MR) is 73.4 cm³/mol. The van der Waals surface area contributed by atoms with E-state index in [1.807, 2.05) is 0 Å². The highest BCUT2D eigenvalue weighted by molar-refractivity contribution is 7.92. The monoisotopic (exact) mass is 281 g/mol. The third-order valence-electron chi connectivity index (χ3n) is 3.43. The second kappa shape index (κ2) is 6.95. The van der Waals surface area contributed by atoms with E-state index in [4.69, 9.17) is 11.6 Å². The fraction of sp³-hybridized carbons (Fsp3) is 1.00. The molecule has 17 heavy (non-hydrogen) atoms. The molecule has 0 bridgehead atoms. The van der Waals surface area contributed by atoms with E-state index >= 15 is 0 Å². The summed E-state index contributed by atoms with van der Waals surface area (Å²) in [6, 6.07) is 0. The topological polar surface area (TPSA) is 46.2 Å². The molecule has 0 amide bonds. The quantitative estimate of drug-likeness (QED) is 0.600. The summed E-state index contributed by atoms with van der Waals surface area (Å²) in [5.41, 5.74) is 0. The Labute approximate surface area is 110 Å². The van der Waals surface area contributed by atoms with Crippen molar-refractivity contribution in [2.75, 3.05) is 18.8 Å². The van der Waals surface area contributed by atoms with Crippen LogP contribution in [0, 0.1) is 5.92 Å². The lowest BCUT2D eigenvalue weighted by molar-refractivity contribution is 0.349. The summed E-state index contributed by atoms with van der Waals surface area (Å²) in [6.07, 6.45) is 4.60.